The third kappa shape index (κ3) is 2.11. The lowest BCUT2D eigenvalue weighted by atomic mass is 10.1. The number of nitrogens with two attached hydrogens (primary N) is 1. The Morgan fingerprint density at radius 2 is 1.93 bits per heavy atom. The monoisotopic (exact) mass is 216 g/mol. The molecular formula is C13H14NS. The number of rotatable bonds is 2. The topological polar surface area (TPSA) is 26.0 Å². The largest absolute Gasteiger partial charge is 0.324 e. The van der Waals surface area contributed by atoms with Crippen LogP contribution in [0.5, 0.6) is 0 Å². The van der Waals surface area contributed by atoms with E-state index < -0.39 is 0 Å². The molecule has 2 aromatic rings. The molecule has 0 saturated carbocycles. The van der Waals surface area contributed by atoms with E-state index in [1.54, 1.807) is 11.3 Å². The maximum absolute atomic E-state index is 5.84. The molecule has 15 heavy (non-hydrogen) atoms. The lowest BCUT2D eigenvalue weighted by Crippen LogP contribution is -2.01. The van der Waals surface area contributed by atoms with Crippen LogP contribution in [0.4, 0.5) is 0 Å². The average Bonchev–Trinajstić information content (AvgIpc) is 2.67. The molecule has 2 N–H and O–H groups in total. The minimum absolute atomic E-state index is 0.112. The molecule has 0 aliphatic rings. The van der Waals surface area contributed by atoms with Crippen molar-refractivity contribution in [2.45, 2.75) is 13.0 Å². The molecule has 0 unspecified atom stereocenters. The van der Waals surface area contributed by atoms with Crippen molar-refractivity contribution in [1.82, 2.24) is 0 Å². The van der Waals surface area contributed by atoms with Crippen molar-refractivity contribution in [2.75, 3.05) is 0 Å². The summed E-state index contributed by atoms with van der Waals surface area (Å²) in [6.07, 6.45) is 0. The van der Waals surface area contributed by atoms with Gasteiger partial charge in [0.1, 0.15) is 0 Å². The quantitative estimate of drug-likeness (QED) is 0.815. The van der Waals surface area contributed by atoms with Crippen LogP contribution in [0.25, 0.3) is 10.4 Å². The summed E-state index contributed by atoms with van der Waals surface area (Å²) in [6.45, 7) is 6.03. The van der Waals surface area contributed by atoms with E-state index >= 15 is 0 Å². The Kier molecular flexibility index (Phi) is 2.89. The fraction of sp³-hybridized carbons (Fsp3) is 0.154. The zero-order chi connectivity index (χ0) is 10.8. The minimum Gasteiger partial charge on any atom is -0.324 e. The lowest BCUT2D eigenvalue weighted by molar-refractivity contribution is 0.838. The van der Waals surface area contributed by atoms with Crippen LogP contribution in [0.3, 0.4) is 0 Å². The highest BCUT2D eigenvalue weighted by molar-refractivity contribution is 7.15. The first-order chi connectivity index (χ1) is 7.18. The van der Waals surface area contributed by atoms with Gasteiger partial charge in [-0.25, -0.2) is 0 Å². The van der Waals surface area contributed by atoms with Crippen molar-refractivity contribution in [1.29, 1.82) is 0 Å². The molecule has 0 amide bonds. The Morgan fingerprint density at radius 3 is 2.53 bits per heavy atom. The summed E-state index contributed by atoms with van der Waals surface area (Å²) in [4.78, 5) is 2.46. The SMILES string of the molecule is [CH2]c1ccccc1-c1ccc([C@@H](C)N)s1. The van der Waals surface area contributed by atoms with E-state index in [4.69, 9.17) is 5.73 Å². The molecule has 1 nitrogen and oxygen atoms in total. The van der Waals surface area contributed by atoms with Crippen LogP contribution in [0, 0.1) is 6.92 Å². The Bertz CT molecular complexity index is 457. The second-order valence-corrected chi connectivity index (χ2v) is 4.76. The second-order valence-electron chi connectivity index (χ2n) is 3.65. The van der Waals surface area contributed by atoms with Crippen molar-refractivity contribution in [3.8, 4) is 10.4 Å². The third-order valence-corrected chi connectivity index (χ3v) is 3.68. The molecular weight excluding hydrogens is 202 g/mol. The van der Waals surface area contributed by atoms with Gasteiger partial charge in [0.25, 0.3) is 0 Å². The van der Waals surface area contributed by atoms with Gasteiger partial charge in [-0.1, -0.05) is 24.3 Å². The Balaban J connectivity index is 2.42. The zero-order valence-corrected chi connectivity index (χ0v) is 9.55. The van der Waals surface area contributed by atoms with Gasteiger partial charge in [-0.3, -0.25) is 0 Å². The maximum atomic E-state index is 5.84. The highest BCUT2D eigenvalue weighted by Crippen LogP contribution is 2.32. The average molecular weight is 216 g/mol. The second kappa shape index (κ2) is 4.17. The summed E-state index contributed by atoms with van der Waals surface area (Å²) in [5.41, 5.74) is 8.11. The molecule has 1 heterocycles. The molecule has 0 saturated heterocycles. The van der Waals surface area contributed by atoms with E-state index in [0.29, 0.717) is 0 Å². The number of hydrogen-bond donors (Lipinski definition) is 1. The summed E-state index contributed by atoms with van der Waals surface area (Å²) < 4.78 is 0. The van der Waals surface area contributed by atoms with Gasteiger partial charge >= 0.3 is 0 Å². The Labute approximate surface area is 94.6 Å². The van der Waals surface area contributed by atoms with E-state index in [1.165, 1.54) is 15.3 Å². The highest BCUT2D eigenvalue weighted by atomic mass is 32.1. The van der Waals surface area contributed by atoms with Crippen molar-refractivity contribution >= 4 is 11.3 Å². The molecule has 0 aliphatic heterocycles. The van der Waals surface area contributed by atoms with Crippen LogP contribution in [0.1, 0.15) is 23.4 Å². The molecule has 0 aliphatic carbocycles. The first-order valence-electron chi connectivity index (χ1n) is 4.95. The van der Waals surface area contributed by atoms with Gasteiger partial charge in [-0.2, -0.15) is 0 Å². The summed E-state index contributed by atoms with van der Waals surface area (Å²) in [5, 5.41) is 0. The van der Waals surface area contributed by atoms with Crippen LogP contribution >= 0.6 is 11.3 Å². The van der Waals surface area contributed by atoms with E-state index in [9.17, 15) is 0 Å². The normalized spacial score (nSPS) is 12.7. The van der Waals surface area contributed by atoms with Gasteiger partial charge in [-0.15, -0.1) is 11.3 Å². The van der Waals surface area contributed by atoms with Crippen molar-refractivity contribution in [3.05, 3.63) is 53.8 Å². The standard InChI is InChI=1S/C13H14NS/c1-9-5-3-4-6-11(9)13-8-7-12(15-13)10(2)14/h3-8,10H,1,14H2,2H3/t10-/m1/s1. The van der Waals surface area contributed by atoms with E-state index in [1.807, 2.05) is 25.1 Å². The molecule has 1 aromatic heterocycles. The van der Waals surface area contributed by atoms with Crippen LogP contribution in [-0.4, -0.2) is 0 Å². The van der Waals surface area contributed by atoms with Crippen molar-refractivity contribution < 1.29 is 0 Å². The molecule has 2 rings (SSSR count). The third-order valence-electron chi connectivity index (χ3n) is 2.36. The fourth-order valence-corrected chi connectivity index (χ4v) is 2.52. The molecule has 1 atom stereocenters. The maximum Gasteiger partial charge on any atom is 0.0361 e. The van der Waals surface area contributed by atoms with Crippen LogP contribution in [0.2, 0.25) is 0 Å². The molecule has 0 fully saturated rings. The van der Waals surface area contributed by atoms with Gasteiger partial charge in [0, 0.05) is 15.8 Å². The predicted octanol–water partition coefficient (Wildman–Crippen LogP) is 3.62. The zero-order valence-electron chi connectivity index (χ0n) is 8.73. The van der Waals surface area contributed by atoms with E-state index in [-0.39, 0.29) is 6.04 Å². The van der Waals surface area contributed by atoms with Crippen molar-refractivity contribution in [2.24, 2.45) is 5.73 Å². The van der Waals surface area contributed by atoms with E-state index in [2.05, 4.69) is 25.1 Å². The first kappa shape index (κ1) is 10.4. The lowest BCUT2D eigenvalue weighted by Gasteiger charge is -2.02. The molecule has 2 heteroatoms. The number of thiophene rings is 1. The fourth-order valence-electron chi connectivity index (χ4n) is 1.50. The molecule has 0 bridgehead atoms. The van der Waals surface area contributed by atoms with Crippen LogP contribution < -0.4 is 5.73 Å². The number of benzene rings is 1. The first-order valence-corrected chi connectivity index (χ1v) is 5.77. The summed E-state index contributed by atoms with van der Waals surface area (Å²) >= 11 is 1.74. The molecule has 77 valence electrons. The molecule has 1 radical (unpaired) electrons. The van der Waals surface area contributed by atoms with Gasteiger partial charge in [0.05, 0.1) is 0 Å². The summed E-state index contributed by atoms with van der Waals surface area (Å²) in [5.74, 6) is 0. The van der Waals surface area contributed by atoms with Gasteiger partial charge in [0.2, 0.25) is 0 Å². The predicted molar refractivity (Wildman–Crippen MR) is 66.8 cm³/mol. The summed E-state index contributed by atoms with van der Waals surface area (Å²) in [6, 6.07) is 12.5. The Morgan fingerprint density at radius 1 is 1.20 bits per heavy atom. The Hall–Kier alpha value is -1.12. The highest BCUT2D eigenvalue weighted by Gasteiger charge is 2.07. The minimum atomic E-state index is 0.112. The van der Waals surface area contributed by atoms with Gasteiger partial charge < -0.3 is 5.73 Å². The van der Waals surface area contributed by atoms with Crippen molar-refractivity contribution in [3.63, 3.8) is 0 Å². The van der Waals surface area contributed by atoms with Crippen LogP contribution in [0.15, 0.2) is 36.4 Å². The van der Waals surface area contributed by atoms with E-state index in [0.717, 1.165) is 5.56 Å². The van der Waals surface area contributed by atoms with Crippen LogP contribution in [-0.2, 0) is 0 Å². The smallest absolute Gasteiger partial charge is 0.0361 e. The van der Waals surface area contributed by atoms with Gasteiger partial charge in [0.15, 0.2) is 0 Å². The molecule has 1 aromatic carbocycles. The molecule has 0 spiro atoms. The number of hydrogen-bond acceptors (Lipinski definition) is 2. The summed E-state index contributed by atoms with van der Waals surface area (Å²) in [7, 11) is 0. The van der Waals surface area contributed by atoms with Gasteiger partial charge in [-0.05, 0) is 37.1 Å².